The SMILES string of the molecule is CCOC(OCC)c1cc2cnc(Cl)nc2n1Cc1ccc(OC)cc1. The van der Waals surface area contributed by atoms with Crippen LogP contribution in [0.1, 0.15) is 31.4 Å². The fourth-order valence-corrected chi connectivity index (χ4v) is 2.96. The van der Waals surface area contributed by atoms with E-state index in [2.05, 4.69) is 14.5 Å². The maximum Gasteiger partial charge on any atom is 0.224 e. The van der Waals surface area contributed by atoms with E-state index in [0.717, 1.165) is 28.0 Å². The van der Waals surface area contributed by atoms with Crippen LogP contribution in [0.5, 0.6) is 5.75 Å². The Morgan fingerprint density at radius 1 is 1.12 bits per heavy atom. The molecule has 1 aromatic carbocycles. The minimum atomic E-state index is -0.476. The van der Waals surface area contributed by atoms with Gasteiger partial charge in [0.2, 0.25) is 5.28 Å². The van der Waals surface area contributed by atoms with Gasteiger partial charge in [0.1, 0.15) is 11.4 Å². The Morgan fingerprint density at radius 2 is 1.81 bits per heavy atom. The molecule has 0 N–H and O–H groups in total. The number of halogens is 1. The Labute approximate surface area is 157 Å². The van der Waals surface area contributed by atoms with Crippen molar-refractivity contribution in [1.29, 1.82) is 0 Å². The Kier molecular flexibility index (Phi) is 6.08. The van der Waals surface area contributed by atoms with E-state index in [-0.39, 0.29) is 5.28 Å². The number of rotatable bonds is 8. The lowest BCUT2D eigenvalue weighted by Crippen LogP contribution is -2.15. The van der Waals surface area contributed by atoms with Gasteiger partial charge >= 0.3 is 0 Å². The molecule has 0 aliphatic carbocycles. The van der Waals surface area contributed by atoms with Gasteiger partial charge in [-0.2, -0.15) is 4.98 Å². The predicted molar refractivity (Wildman–Crippen MR) is 101 cm³/mol. The average Bonchev–Trinajstić information content (AvgIpc) is 3.00. The minimum absolute atomic E-state index is 0.211. The van der Waals surface area contributed by atoms with Crippen molar-refractivity contribution in [2.75, 3.05) is 20.3 Å². The van der Waals surface area contributed by atoms with Crippen LogP contribution in [0.3, 0.4) is 0 Å². The first-order chi connectivity index (χ1) is 12.7. The second kappa shape index (κ2) is 8.49. The third-order valence-corrected chi connectivity index (χ3v) is 4.20. The summed E-state index contributed by atoms with van der Waals surface area (Å²) in [6.07, 6.45) is 1.24. The maximum atomic E-state index is 6.03. The van der Waals surface area contributed by atoms with Crippen LogP contribution in [0.25, 0.3) is 11.0 Å². The fourth-order valence-electron chi connectivity index (χ4n) is 2.84. The highest BCUT2D eigenvalue weighted by Crippen LogP contribution is 2.28. The molecule has 2 aromatic heterocycles. The van der Waals surface area contributed by atoms with Crippen LogP contribution in [0.4, 0.5) is 0 Å². The number of aromatic nitrogens is 3. The van der Waals surface area contributed by atoms with Gasteiger partial charge in [0, 0.05) is 31.3 Å². The van der Waals surface area contributed by atoms with Gasteiger partial charge in [-0.3, -0.25) is 0 Å². The molecule has 0 saturated carbocycles. The van der Waals surface area contributed by atoms with Crippen molar-refractivity contribution in [2.45, 2.75) is 26.7 Å². The van der Waals surface area contributed by atoms with Gasteiger partial charge in [-0.25, -0.2) is 4.98 Å². The molecule has 2 heterocycles. The number of hydrogen-bond donors (Lipinski definition) is 0. The lowest BCUT2D eigenvalue weighted by atomic mass is 10.2. The standard InChI is InChI=1S/C19H22ClN3O3/c1-4-25-18(26-5-2)16-10-14-11-21-19(20)22-17(14)23(16)12-13-6-8-15(24-3)9-7-13/h6-11,18H,4-5,12H2,1-3H3. The molecule has 0 unspecified atom stereocenters. The smallest absolute Gasteiger partial charge is 0.224 e. The van der Waals surface area contributed by atoms with Gasteiger partial charge in [-0.05, 0) is 49.2 Å². The monoisotopic (exact) mass is 375 g/mol. The average molecular weight is 376 g/mol. The normalized spacial score (nSPS) is 11.4. The van der Waals surface area contributed by atoms with Crippen LogP contribution in [0, 0.1) is 0 Å². The third-order valence-electron chi connectivity index (χ3n) is 4.01. The quantitative estimate of drug-likeness (QED) is 0.436. The number of nitrogens with zero attached hydrogens (tertiary/aromatic N) is 3. The maximum absolute atomic E-state index is 6.03. The molecular weight excluding hydrogens is 354 g/mol. The van der Waals surface area contributed by atoms with Gasteiger partial charge in [-0.15, -0.1) is 0 Å². The van der Waals surface area contributed by atoms with Crippen LogP contribution in [0.15, 0.2) is 36.5 Å². The van der Waals surface area contributed by atoms with Crippen LogP contribution >= 0.6 is 11.6 Å². The van der Waals surface area contributed by atoms with Gasteiger partial charge in [0.25, 0.3) is 0 Å². The number of hydrogen-bond acceptors (Lipinski definition) is 5. The molecule has 7 heteroatoms. The summed E-state index contributed by atoms with van der Waals surface area (Å²) >= 11 is 6.03. The lowest BCUT2D eigenvalue weighted by Gasteiger charge is -2.19. The largest absolute Gasteiger partial charge is 0.497 e. The molecule has 3 aromatic rings. The Hall–Kier alpha value is -2.15. The molecule has 26 heavy (non-hydrogen) atoms. The molecule has 0 amide bonds. The van der Waals surface area contributed by atoms with E-state index in [4.69, 9.17) is 25.8 Å². The van der Waals surface area contributed by atoms with E-state index in [1.807, 2.05) is 44.2 Å². The van der Waals surface area contributed by atoms with E-state index in [1.165, 1.54) is 0 Å². The summed E-state index contributed by atoms with van der Waals surface area (Å²) in [6, 6.07) is 9.91. The zero-order valence-corrected chi connectivity index (χ0v) is 15.9. The predicted octanol–water partition coefficient (Wildman–Crippen LogP) is 4.21. The molecule has 0 aliphatic rings. The highest BCUT2D eigenvalue weighted by atomic mass is 35.5. The summed E-state index contributed by atoms with van der Waals surface area (Å²) in [5.74, 6) is 0.818. The Morgan fingerprint density at radius 3 is 2.42 bits per heavy atom. The molecule has 0 bridgehead atoms. The summed E-state index contributed by atoms with van der Waals surface area (Å²) in [6.45, 7) is 5.58. The van der Waals surface area contributed by atoms with Crippen molar-refractivity contribution in [3.05, 3.63) is 53.1 Å². The Bertz CT molecular complexity index is 858. The first-order valence-corrected chi connectivity index (χ1v) is 8.91. The molecular formula is C19H22ClN3O3. The van der Waals surface area contributed by atoms with E-state index in [9.17, 15) is 0 Å². The third kappa shape index (κ3) is 3.98. The van der Waals surface area contributed by atoms with Crippen molar-refractivity contribution in [1.82, 2.24) is 14.5 Å². The van der Waals surface area contributed by atoms with Crippen molar-refractivity contribution in [3.63, 3.8) is 0 Å². The Balaban J connectivity index is 2.06. The first-order valence-electron chi connectivity index (χ1n) is 8.54. The zero-order valence-electron chi connectivity index (χ0n) is 15.1. The summed E-state index contributed by atoms with van der Waals surface area (Å²) < 4.78 is 18.9. The molecule has 3 rings (SSSR count). The van der Waals surface area contributed by atoms with E-state index in [1.54, 1.807) is 13.3 Å². The molecule has 0 saturated heterocycles. The summed E-state index contributed by atoms with van der Waals surface area (Å²) in [7, 11) is 1.65. The summed E-state index contributed by atoms with van der Waals surface area (Å²) in [5, 5.41) is 1.10. The van der Waals surface area contributed by atoms with Gasteiger partial charge in [-0.1, -0.05) is 12.1 Å². The van der Waals surface area contributed by atoms with Crippen LogP contribution in [-0.4, -0.2) is 34.9 Å². The van der Waals surface area contributed by atoms with Crippen molar-refractivity contribution < 1.29 is 14.2 Å². The molecule has 0 spiro atoms. The summed E-state index contributed by atoms with van der Waals surface area (Å²) in [4.78, 5) is 8.50. The molecule has 138 valence electrons. The van der Waals surface area contributed by atoms with Crippen LogP contribution in [-0.2, 0) is 16.0 Å². The van der Waals surface area contributed by atoms with Gasteiger partial charge in [0.05, 0.1) is 12.8 Å². The second-order valence-corrected chi connectivity index (χ2v) is 6.00. The van der Waals surface area contributed by atoms with Crippen molar-refractivity contribution >= 4 is 22.6 Å². The van der Waals surface area contributed by atoms with E-state index >= 15 is 0 Å². The first kappa shape index (κ1) is 18.6. The minimum Gasteiger partial charge on any atom is -0.497 e. The van der Waals surface area contributed by atoms with Crippen LogP contribution < -0.4 is 4.74 Å². The molecule has 0 radical (unpaired) electrons. The van der Waals surface area contributed by atoms with Crippen molar-refractivity contribution in [3.8, 4) is 5.75 Å². The highest BCUT2D eigenvalue weighted by Gasteiger charge is 2.20. The zero-order chi connectivity index (χ0) is 18.5. The summed E-state index contributed by atoms with van der Waals surface area (Å²) in [5.41, 5.74) is 2.74. The topological polar surface area (TPSA) is 58.4 Å². The number of fused-ring (bicyclic) bond motifs is 1. The van der Waals surface area contributed by atoms with E-state index in [0.29, 0.717) is 19.8 Å². The fraction of sp³-hybridized carbons (Fsp3) is 0.368. The van der Waals surface area contributed by atoms with E-state index < -0.39 is 6.29 Å². The van der Waals surface area contributed by atoms with Crippen LogP contribution in [0.2, 0.25) is 5.28 Å². The number of methoxy groups -OCH3 is 1. The lowest BCUT2D eigenvalue weighted by molar-refractivity contribution is -0.144. The van der Waals surface area contributed by atoms with Gasteiger partial charge in [0.15, 0.2) is 6.29 Å². The number of benzene rings is 1. The second-order valence-electron chi connectivity index (χ2n) is 5.66. The molecule has 0 atom stereocenters. The molecule has 0 fully saturated rings. The number of ether oxygens (including phenoxy) is 3. The van der Waals surface area contributed by atoms with Gasteiger partial charge < -0.3 is 18.8 Å². The van der Waals surface area contributed by atoms with Crippen molar-refractivity contribution in [2.24, 2.45) is 0 Å². The molecule has 0 aliphatic heterocycles. The molecule has 6 nitrogen and oxygen atoms in total. The highest BCUT2D eigenvalue weighted by molar-refractivity contribution is 6.28.